The molecule has 28 heavy (non-hydrogen) atoms. The molecule has 0 aliphatic heterocycles. The van der Waals surface area contributed by atoms with Crippen LogP contribution in [-0.4, -0.2) is 0 Å². The summed E-state index contributed by atoms with van der Waals surface area (Å²) < 4.78 is 2.52. The fourth-order valence-corrected chi connectivity index (χ4v) is 4.66. The molecule has 0 amide bonds. The van der Waals surface area contributed by atoms with Crippen LogP contribution in [0.1, 0.15) is 11.1 Å². The van der Waals surface area contributed by atoms with E-state index in [4.69, 9.17) is 0 Å². The van der Waals surface area contributed by atoms with Gasteiger partial charge >= 0.3 is 0 Å². The smallest absolute Gasteiger partial charge is 0.0209 e. The van der Waals surface area contributed by atoms with Gasteiger partial charge in [-0.1, -0.05) is 97.1 Å². The van der Waals surface area contributed by atoms with E-state index in [1.54, 1.807) is 0 Å². The van der Waals surface area contributed by atoms with Crippen LogP contribution in [0.2, 0.25) is 0 Å². The molecule has 4 aromatic rings. The topological polar surface area (TPSA) is 0 Å². The van der Waals surface area contributed by atoms with Gasteiger partial charge in [0.1, 0.15) is 0 Å². The van der Waals surface area contributed by atoms with E-state index in [1.165, 1.54) is 40.5 Å². The lowest BCUT2D eigenvalue weighted by Gasteiger charge is -2.16. The van der Waals surface area contributed by atoms with Gasteiger partial charge in [-0.2, -0.15) is 0 Å². The van der Waals surface area contributed by atoms with Crippen molar-refractivity contribution in [3.8, 4) is 22.3 Å². The summed E-state index contributed by atoms with van der Waals surface area (Å²) in [5, 5.41) is 0. The van der Waals surface area contributed by atoms with Crippen molar-refractivity contribution in [2.75, 3.05) is 0 Å². The predicted molar refractivity (Wildman–Crippen MR) is 138 cm³/mol. The van der Waals surface area contributed by atoms with Crippen LogP contribution in [0.5, 0.6) is 0 Å². The summed E-state index contributed by atoms with van der Waals surface area (Å²) in [5.41, 5.74) is 7.52. The molecule has 0 aromatic heterocycles. The van der Waals surface area contributed by atoms with E-state index >= 15 is 0 Å². The molecule has 0 atom stereocenters. The first-order valence-corrected chi connectivity index (χ1v) is 11.3. The molecule has 0 fully saturated rings. The normalized spacial score (nSPS) is 11.1. The second kappa shape index (κ2) is 9.05. The summed E-state index contributed by atoms with van der Waals surface area (Å²) in [7, 11) is 0. The van der Waals surface area contributed by atoms with Gasteiger partial charge in [-0.25, -0.2) is 0 Å². The Kier molecular flexibility index (Phi) is 6.27. The number of benzene rings is 4. The van der Waals surface area contributed by atoms with Gasteiger partial charge in [-0.15, -0.1) is 0 Å². The number of hydrogen-bond acceptors (Lipinski definition) is 0. The van der Waals surface area contributed by atoms with E-state index in [0.29, 0.717) is 0 Å². The van der Waals surface area contributed by atoms with Gasteiger partial charge in [0.25, 0.3) is 0 Å². The minimum Gasteiger partial charge on any atom is -0.0622 e. The second-order valence-electron chi connectivity index (χ2n) is 6.47. The summed E-state index contributed by atoms with van der Waals surface area (Å²) in [6.45, 7) is 0. The fourth-order valence-electron chi connectivity index (χ4n) is 3.33. The SMILES string of the molecule is Ic1ccccc1-c1cccc(C=Cc2ccccc2)c1-c1ccccc1I. The van der Waals surface area contributed by atoms with Crippen LogP contribution in [-0.2, 0) is 0 Å². The van der Waals surface area contributed by atoms with Crippen molar-refractivity contribution in [2.45, 2.75) is 0 Å². The zero-order valence-corrected chi connectivity index (χ0v) is 19.5. The molecule has 4 aromatic carbocycles. The standard InChI is InChI=1S/C26H18I2/c27-24-15-6-4-12-21(24)22-14-8-11-20(18-17-19-9-2-1-3-10-19)26(22)23-13-5-7-16-25(23)28/h1-18H. The largest absolute Gasteiger partial charge is 0.0622 e. The van der Waals surface area contributed by atoms with E-state index < -0.39 is 0 Å². The van der Waals surface area contributed by atoms with Crippen molar-refractivity contribution in [1.29, 1.82) is 0 Å². The maximum atomic E-state index is 2.44. The predicted octanol–water partition coefficient (Wildman–Crippen LogP) is 8.40. The molecule has 0 radical (unpaired) electrons. The van der Waals surface area contributed by atoms with Crippen LogP contribution in [0.4, 0.5) is 0 Å². The first-order chi connectivity index (χ1) is 13.7. The van der Waals surface area contributed by atoms with E-state index in [0.717, 1.165) is 0 Å². The van der Waals surface area contributed by atoms with Gasteiger partial charge in [0.05, 0.1) is 0 Å². The van der Waals surface area contributed by atoms with Crippen LogP contribution < -0.4 is 0 Å². The first-order valence-electron chi connectivity index (χ1n) is 9.10. The fraction of sp³-hybridized carbons (Fsp3) is 0. The zero-order chi connectivity index (χ0) is 19.3. The highest BCUT2D eigenvalue weighted by atomic mass is 127. The lowest BCUT2D eigenvalue weighted by Crippen LogP contribution is -1.93. The summed E-state index contributed by atoms with van der Waals surface area (Å²) in [6, 6.07) is 34.2. The molecule has 2 heteroatoms. The van der Waals surface area contributed by atoms with Gasteiger partial charge < -0.3 is 0 Å². The summed E-state index contributed by atoms with van der Waals surface area (Å²) in [4.78, 5) is 0. The summed E-state index contributed by atoms with van der Waals surface area (Å²) in [6.07, 6.45) is 4.42. The Bertz CT molecular complexity index is 1130. The third-order valence-electron chi connectivity index (χ3n) is 4.66. The van der Waals surface area contributed by atoms with Crippen molar-refractivity contribution in [1.82, 2.24) is 0 Å². The number of rotatable bonds is 4. The van der Waals surface area contributed by atoms with Gasteiger partial charge in [0.15, 0.2) is 0 Å². The minimum atomic E-state index is 1.20. The van der Waals surface area contributed by atoms with E-state index in [2.05, 4.69) is 148 Å². The lowest BCUT2D eigenvalue weighted by atomic mass is 9.90. The molecule has 136 valence electrons. The Morgan fingerprint density at radius 1 is 0.464 bits per heavy atom. The maximum Gasteiger partial charge on any atom is 0.0209 e. The summed E-state index contributed by atoms with van der Waals surface area (Å²) >= 11 is 4.87. The Hall–Kier alpha value is -1.92. The lowest BCUT2D eigenvalue weighted by molar-refractivity contribution is 1.53. The molecule has 4 rings (SSSR count). The molecule has 0 aliphatic carbocycles. The second-order valence-corrected chi connectivity index (χ2v) is 8.80. The van der Waals surface area contributed by atoms with Gasteiger partial charge in [-0.3, -0.25) is 0 Å². The van der Waals surface area contributed by atoms with E-state index in [1.807, 2.05) is 6.07 Å². The number of hydrogen-bond donors (Lipinski definition) is 0. The van der Waals surface area contributed by atoms with E-state index in [-0.39, 0.29) is 0 Å². The van der Waals surface area contributed by atoms with Crippen LogP contribution in [0.15, 0.2) is 97.1 Å². The van der Waals surface area contributed by atoms with Crippen LogP contribution in [0, 0.1) is 7.14 Å². The third kappa shape index (κ3) is 4.23. The minimum absolute atomic E-state index is 1.20. The molecule has 0 N–H and O–H groups in total. The quantitative estimate of drug-likeness (QED) is 0.167. The molecule has 0 heterocycles. The highest BCUT2D eigenvalue weighted by Gasteiger charge is 2.14. The highest BCUT2D eigenvalue weighted by molar-refractivity contribution is 14.1. The Morgan fingerprint density at radius 3 is 1.71 bits per heavy atom. The summed E-state index contributed by atoms with van der Waals surface area (Å²) in [5.74, 6) is 0. The molecule has 0 aliphatic rings. The average Bonchev–Trinajstić information content (AvgIpc) is 2.74. The Morgan fingerprint density at radius 2 is 1.04 bits per heavy atom. The van der Waals surface area contributed by atoms with Crippen molar-refractivity contribution >= 4 is 57.3 Å². The molecule has 0 bridgehead atoms. The molecule has 0 saturated carbocycles. The molecule has 0 unspecified atom stereocenters. The molecule has 0 nitrogen and oxygen atoms in total. The molecule has 0 saturated heterocycles. The molecular weight excluding hydrogens is 566 g/mol. The van der Waals surface area contributed by atoms with E-state index in [9.17, 15) is 0 Å². The van der Waals surface area contributed by atoms with Gasteiger partial charge in [0.2, 0.25) is 0 Å². The average molecular weight is 584 g/mol. The van der Waals surface area contributed by atoms with Gasteiger partial charge in [0, 0.05) is 7.14 Å². The van der Waals surface area contributed by atoms with Crippen molar-refractivity contribution < 1.29 is 0 Å². The third-order valence-corrected chi connectivity index (χ3v) is 6.54. The van der Waals surface area contributed by atoms with Crippen LogP contribution in [0.25, 0.3) is 34.4 Å². The van der Waals surface area contributed by atoms with Crippen LogP contribution >= 0.6 is 45.2 Å². The molecular formula is C26H18I2. The Labute approximate surface area is 193 Å². The monoisotopic (exact) mass is 584 g/mol. The van der Waals surface area contributed by atoms with Crippen LogP contribution in [0.3, 0.4) is 0 Å². The van der Waals surface area contributed by atoms with Gasteiger partial charge in [-0.05, 0) is 90.7 Å². The first kappa shape index (κ1) is 19.4. The van der Waals surface area contributed by atoms with Crippen molar-refractivity contribution in [2.24, 2.45) is 0 Å². The Balaban J connectivity index is 1.94. The highest BCUT2D eigenvalue weighted by Crippen LogP contribution is 2.39. The molecule has 0 spiro atoms. The zero-order valence-electron chi connectivity index (χ0n) is 15.1. The van der Waals surface area contributed by atoms with Crippen molar-refractivity contribution in [3.63, 3.8) is 0 Å². The van der Waals surface area contributed by atoms with Crippen molar-refractivity contribution in [3.05, 3.63) is 115 Å². The maximum absolute atomic E-state index is 2.44. The number of halogens is 2.